The SMILES string of the molecule is CC(C)C1=Nc2c(ccc(C(C)(C)C)c2Cl)C1.CC(C)C1=Nc2c(ccc(C(C)(C)C)c2F)C1.CC(C)C1=Nc2cc(C(C)(C)C)c(F)cc2C1.Cc1c(C(C)(C)C)ccc2c1N=C(C(C)C)C2. The molecule has 0 fully saturated rings. The third-order valence-corrected chi connectivity index (χ3v) is 13.9. The fraction of sp³-hybridized carbons (Fsp3) is 0.541. The predicted octanol–water partition coefficient (Wildman–Crippen LogP) is 18.3. The Morgan fingerprint density at radius 3 is 1.22 bits per heavy atom. The second-order valence-corrected chi connectivity index (χ2v) is 25.2. The molecule has 0 aliphatic carbocycles. The topological polar surface area (TPSA) is 49.4 Å². The molecule has 0 bridgehead atoms. The standard InChI is InChI=1S/C16H23N.C15H20ClN.2C15H20FN/c1-10(2)14-9-12-7-8-13(16(4,5)6)11(3)15(12)17-14;1-9(2)12-8-10-6-7-11(15(3,4)5)13(16)14(10)17-12;1-9(2)13-7-10-6-12(16)11(15(3,4)5)8-14(10)17-13;1-9(2)12-8-10-6-7-11(15(3,4)5)13(16)14(10)17-12/h7-8,10H,9H2,1-6H3;6-7,9H,8H2,1-5H3;6,8-9H,7H2,1-5H3;6-7,9H,8H2,1-5H3. The zero-order chi connectivity index (χ0) is 51.2. The summed E-state index contributed by atoms with van der Waals surface area (Å²) in [5.74, 6) is 1.64. The van der Waals surface area contributed by atoms with Gasteiger partial charge in [0.25, 0.3) is 0 Å². The second-order valence-electron chi connectivity index (χ2n) is 24.8. The van der Waals surface area contributed by atoms with E-state index in [2.05, 4.69) is 138 Å². The molecule has 68 heavy (non-hydrogen) atoms. The van der Waals surface area contributed by atoms with E-state index in [0.717, 1.165) is 75.8 Å². The summed E-state index contributed by atoms with van der Waals surface area (Å²) in [4.78, 5) is 18.6. The molecule has 0 atom stereocenters. The molecule has 0 saturated carbocycles. The van der Waals surface area contributed by atoms with Crippen LogP contribution >= 0.6 is 11.6 Å². The molecular weight excluding hydrogens is 862 g/mol. The third-order valence-electron chi connectivity index (χ3n) is 13.5. The van der Waals surface area contributed by atoms with Gasteiger partial charge < -0.3 is 0 Å². The Bertz CT molecular complexity index is 2410. The molecule has 0 N–H and O–H groups in total. The molecule has 0 unspecified atom stereocenters. The summed E-state index contributed by atoms with van der Waals surface area (Å²) in [6.45, 7) is 45.0. The Kier molecular flexibility index (Phi) is 16.5. The van der Waals surface area contributed by atoms with Crippen LogP contribution in [0.2, 0.25) is 5.02 Å². The van der Waals surface area contributed by atoms with Crippen molar-refractivity contribution in [1.29, 1.82) is 0 Å². The van der Waals surface area contributed by atoms with Gasteiger partial charge in [-0.05, 0) is 114 Å². The van der Waals surface area contributed by atoms with Gasteiger partial charge in [-0.25, -0.2) is 8.78 Å². The molecule has 4 aliphatic rings. The number of nitrogens with zero attached hydrogens (tertiary/aromatic N) is 4. The molecule has 4 aromatic rings. The average molecular weight is 946 g/mol. The minimum Gasteiger partial charge on any atom is -0.257 e. The van der Waals surface area contributed by atoms with Crippen LogP contribution in [0.25, 0.3) is 0 Å². The van der Waals surface area contributed by atoms with E-state index < -0.39 is 0 Å². The van der Waals surface area contributed by atoms with Crippen LogP contribution in [0.4, 0.5) is 31.5 Å². The van der Waals surface area contributed by atoms with E-state index in [9.17, 15) is 8.78 Å². The van der Waals surface area contributed by atoms with Gasteiger partial charge in [-0.2, -0.15) is 0 Å². The number of benzene rings is 4. The smallest absolute Gasteiger partial charge is 0.152 e. The first-order valence-electron chi connectivity index (χ1n) is 25.1. The number of halogens is 3. The van der Waals surface area contributed by atoms with Crippen molar-refractivity contribution in [2.45, 2.75) is 193 Å². The number of fused-ring (bicyclic) bond motifs is 4. The lowest BCUT2D eigenvalue weighted by atomic mass is 9.82. The monoisotopic (exact) mass is 945 g/mol. The highest BCUT2D eigenvalue weighted by molar-refractivity contribution is 6.34. The first kappa shape index (κ1) is 54.6. The molecule has 4 nitrogen and oxygen atoms in total. The number of rotatable bonds is 4. The van der Waals surface area contributed by atoms with Gasteiger partial charge in [0.05, 0.1) is 22.1 Å². The van der Waals surface area contributed by atoms with E-state index >= 15 is 0 Å². The van der Waals surface area contributed by atoms with Gasteiger partial charge in [0, 0.05) is 48.5 Å². The summed E-state index contributed by atoms with van der Waals surface area (Å²) in [5, 5.41) is 0.839. The van der Waals surface area contributed by atoms with E-state index in [0.29, 0.717) is 29.4 Å². The van der Waals surface area contributed by atoms with Gasteiger partial charge in [0.1, 0.15) is 11.5 Å². The molecule has 0 saturated heterocycles. The van der Waals surface area contributed by atoms with E-state index in [1.54, 1.807) is 6.07 Å². The number of aliphatic imine (C=N–C) groups is 4. The maximum atomic E-state index is 14.4. The van der Waals surface area contributed by atoms with E-state index in [1.165, 1.54) is 44.9 Å². The van der Waals surface area contributed by atoms with E-state index in [-0.39, 0.29) is 33.3 Å². The summed E-state index contributed by atoms with van der Waals surface area (Å²) < 4.78 is 28.4. The van der Waals surface area contributed by atoms with Crippen molar-refractivity contribution in [3.05, 3.63) is 115 Å². The Hall–Kier alpha value is -4.29. The second kappa shape index (κ2) is 20.6. The summed E-state index contributed by atoms with van der Waals surface area (Å²) in [6, 6.07) is 16.4. The molecule has 0 radical (unpaired) electrons. The largest absolute Gasteiger partial charge is 0.257 e. The predicted molar refractivity (Wildman–Crippen MR) is 293 cm³/mol. The molecule has 4 aromatic carbocycles. The van der Waals surface area contributed by atoms with Crippen LogP contribution in [0.5, 0.6) is 0 Å². The van der Waals surface area contributed by atoms with Crippen LogP contribution in [0.1, 0.15) is 189 Å². The molecular formula is C61H83ClF2N4. The fourth-order valence-corrected chi connectivity index (χ4v) is 9.55. The van der Waals surface area contributed by atoms with Gasteiger partial charge in [0.15, 0.2) is 5.82 Å². The first-order chi connectivity index (χ1) is 31.2. The Morgan fingerprint density at radius 2 is 0.779 bits per heavy atom. The van der Waals surface area contributed by atoms with Crippen LogP contribution in [-0.2, 0) is 47.3 Å². The van der Waals surface area contributed by atoms with Gasteiger partial charge >= 0.3 is 0 Å². The van der Waals surface area contributed by atoms with E-state index in [4.69, 9.17) is 21.6 Å². The van der Waals surface area contributed by atoms with Crippen molar-refractivity contribution in [3.63, 3.8) is 0 Å². The highest BCUT2D eigenvalue weighted by Crippen LogP contribution is 2.43. The van der Waals surface area contributed by atoms with Crippen molar-refractivity contribution in [2.24, 2.45) is 43.6 Å². The summed E-state index contributed by atoms with van der Waals surface area (Å²) in [5.41, 5.74) is 18.7. The summed E-state index contributed by atoms with van der Waals surface area (Å²) >= 11 is 6.50. The normalized spacial score (nSPS) is 15.1. The van der Waals surface area contributed by atoms with Gasteiger partial charge in [0.2, 0.25) is 0 Å². The van der Waals surface area contributed by atoms with Crippen LogP contribution in [0.3, 0.4) is 0 Å². The third kappa shape index (κ3) is 12.5. The maximum absolute atomic E-state index is 14.4. The van der Waals surface area contributed by atoms with Crippen LogP contribution in [-0.4, -0.2) is 22.8 Å². The summed E-state index contributed by atoms with van der Waals surface area (Å²) in [7, 11) is 0. The molecule has 0 amide bonds. The Morgan fingerprint density at radius 1 is 0.426 bits per heavy atom. The number of hydrogen-bond acceptors (Lipinski definition) is 4. The van der Waals surface area contributed by atoms with Crippen molar-refractivity contribution in [3.8, 4) is 0 Å². The first-order valence-corrected chi connectivity index (χ1v) is 25.5. The zero-order valence-corrected chi connectivity index (χ0v) is 46.4. The van der Waals surface area contributed by atoms with Gasteiger partial charge in [-0.1, -0.05) is 186 Å². The maximum Gasteiger partial charge on any atom is 0.152 e. The highest BCUT2D eigenvalue weighted by Gasteiger charge is 2.29. The molecule has 4 aliphatic heterocycles. The summed E-state index contributed by atoms with van der Waals surface area (Å²) in [6.07, 6.45) is 3.60. The van der Waals surface area contributed by atoms with Crippen molar-refractivity contribution >= 4 is 57.2 Å². The zero-order valence-electron chi connectivity index (χ0n) is 45.7. The van der Waals surface area contributed by atoms with E-state index in [1.807, 2.05) is 59.7 Å². The molecule has 368 valence electrons. The lowest BCUT2D eigenvalue weighted by Gasteiger charge is -2.22. The lowest BCUT2D eigenvalue weighted by molar-refractivity contribution is 0.522. The Labute approximate surface area is 415 Å². The molecule has 0 spiro atoms. The van der Waals surface area contributed by atoms with Gasteiger partial charge in [-0.15, -0.1) is 0 Å². The molecule has 4 heterocycles. The minimum absolute atomic E-state index is 0.0716. The molecule has 7 heteroatoms. The fourth-order valence-electron chi connectivity index (χ4n) is 9.04. The number of hydrogen-bond donors (Lipinski definition) is 0. The van der Waals surface area contributed by atoms with Crippen LogP contribution in [0.15, 0.2) is 68.5 Å². The molecule has 8 rings (SSSR count). The van der Waals surface area contributed by atoms with Crippen molar-refractivity contribution < 1.29 is 8.78 Å². The van der Waals surface area contributed by atoms with Gasteiger partial charge in [-0.3, -0.25) is 20.0 Å². The van der Waals surface area contributed by atoms with Crippen molar-refractivity contribution in [1.82, 2.24) is 0 Å². The van der Waals surface area contributed by atoms with Crippen molar-refractivity contribution in [2.75, 3.05) is 0 Å². The minimum atomic E-state index is -0.171. The average Bonchev–Trinajstić information content (AvgIpc) is 4.01. The Balaban J connectivity index is 0.000000169. The lowest BCUT2D eigenvalue weighted by Crippen LogP contribution is -2.13. The quantitative estimate of drug-likeness (QED) is 0.196. The van der Waals surface area contributed by atoms with Crippen LogP contribution in [0, 0.1) is 42.2 Å². The highest BCUT2D eigenvalue weighted by atomic mass is 35.5. The van der Waals surface area contributed by atoms with Crippen LogP contribution < -0.4 is 0 Å². The molecule has 0 aromatic heterocycles.